The van der Waals surface area contributed by atoms with E-state index in [0.29, 0.717) is 12.1 Å². The maximum absolute atomic E-state index is 13.6. The van der Waals surface area contributed by atoms with E-state index < -0.39 is 47.4 Å². The maximum atomic E-state index is 13.6. The lowest BCUT2D eigenvalue weighted by Gasteiger charge is -2.35. The summed E-state index contributed by atoms with van der Waals surface area (Å²) in [7, 11) is 0. The summed E-state index contributed by atoms with van der Waals surface area (Å²) in [4.78, 5) is 24.0. The second kappa shape index (κ2) is 6.13. The van der Waals surface area contributed by atoms with Crippen LogP contribution < -0.4 is 0 Å². The van der Waals surface area contributed by atoms with Gasteiger partial charge in [-0.1, -0.05) is 0 Å². The van der Waals surface area contributed by atoms with E-state index >= 15 is 0 Å². The van der Waals surface area contributed by atoms with Crippen molar-refractivity contribution in [1.82, 2.24) is 4.90 Å². The SMILES string of the molecule is O=C(O)CC1COCCN1C(=O)c1c(F)cc(F)cc1F. The molecule has 0 radical (unpaired) electrons. The van der Waals surface area contributed by atoms with Crippen molar-refractivity contribution in [2.45, 2.75) is 12.5 Å². The number of nitrogens with zero attached hydrogens (tertiary/aromatic N) is 1. The topological polar surface area (TPSA) is 66.8 Å². The molecule has 1 saturated heterocycles. The highest BCUT2D eigenvalue weighted by atomic mass is 19.1. The van der Waals surface area contributed by atoms with Gasteiger partial charge < -0.3 is 14.7 Å². The molecule has 1 aliphatic heterocycles. The van der Waals surface area contributed by atoms with Crippen molar-refractivity contribution in [3.8, 4) is 0 Å². The van der Waals surface area contributed by atoms with Crippen LogP contribution in [0, 0.1) is 17.5 Å². The minimum Gasteiger partial charge on any atom is -0.481 e. The van der Waals surface area contributed by atoms with Crippen LogP contribution >= 0.6 is 0 Å². The summed E-state index contributed by atoms with van der Waals surface area (Å²) in [5.41, 5.74) is -0.895. The van der Waals surface area contributed by atoms with Crippen molar-refractivity contribution in [2.75, 3.05) is 19.8 Å². The zero-order chi connectivity index (χ0) is 15.6. The lowest BCUT2D eigenvalue weighted by Crippen LogP contribution is -2.50. The lowest BCUT2D eigenvalue weighted by molar-refractivity contribution is -0.139. The Bertz CT molecular complexity index is 556. The number of rotatable bonds is 3. The number of carbonyl (C=O) groups excluding carboxylic acids is 1. The zero-order valence-electron chi connectivity index (χ0n) is 10.8. The van der Waals surface area contributed by atoms with Gasteiger partial charge in [-0.15, -0.1) is 0 Å². The number of aliphatic carboxylic acids is 1. The summed E-state index contributed by atoms with van der Waals surface area (Å²) < 4.78 is 45.2. The Morgan fingerprint density at radius 1 is 1.29 bits per heavy atom. The van der Waals surface area contributed by atoms with Crippen molar-refractivity contribution >= 4 is 11.9 Å². The Balaban J connectivity index is 2.31. The first-order valence-corrected chi connectivity index (χ1v) is 6.15. The molecule has 114 valence electrons. The van der Waals surface area contributed by atoms with Gasteiger partial charge in [0.1, 0.15) is 23.0 Å². The Morgan fingerprint density at radius 2 is 1.90 bits per heavy atom. The van der Waals surface area contributed by atoms with Gasteiger partial charge in [-0.05, 0) is 0 Å². The number of carboxylic acid groups (broad SMARTS) is 1. The number of morpholine rings is 1. The minimum atomic E-state index is -1.32. The second-order valence-electron chi connectivity index (χ2n) is 4.57. The number of benzene rings is 1. The van der Waals surface area contributed by atoms with Crippen LogP contribution in [0.4, 0.5) is 13.2 Å². The molecular weight excluding hydrogens is 291 g/mol. The molecule has 0 saturated carbocycles. The first-order valence-electron chi connectivity index (χ1n) is 6.15. The monoisotopic (exact) mass is 303 g/mol. The summed E-state index contributed by atoms with van der Waals surface area (Å²) in [5.74, 6) is -5.95. The molecule has 0 aromatic heterocycles. The van der Waals surface area contributed by atoms with Gasteiger partial charge in [0, 0.05) is 18.7 Å². The molecule has 1 atom stereocenters. The van der Waals surface area contributed by atoms with Gasteiger partial charge in [0.05, 0.1) is 25.7 Å². The van der Waals surface area contributed by atoms with Gasteiger partial charge in [-0.25, -0.2) is 13.2 Å². The number of carboxylic acids is 1. The number of amides is 1. The Hall–Kier alpha value is -2.09. The number of carbonyl (C=O) groups is 2. The van der Waals surface area contributed by atoms with Gasteiger partial charge in [-0.2, -0.15) is 0 Å². The van der Waals surface area contributed by atoms with E-state index in [1.165, 1.54) is 0 Å². The molecule has 0 aliphatic carbocycles. The van der Waals surface area contributed by atoms with E-state index in [-0.39, 0.29) is 19.8 Å². The lowest BCUT2D eigenvalue weighted by atomic mass is 10.1. The fourth-order valence-electron chi connectivity index (χ4n) is 2.18. The van der Waals surface area contributed by atoms with E-state index in [1.54, 1.807) is 0 Å². The first-order chi connectivity index (χ1) is 9.90. The molecule has 1 heterocycles. The molecule has 1 amide bonds. The molecule has 2 rings (SSSR count). The highest BCUT2D eigenvalue weighted by Gasteiger charge is 2.32. The summed E-state index contributed by atoms with van der Waals surface area (Å²) in [6.07, 6.45) is -0.407. The van der Waals surface area contributed by atoms with Gasteiger partial charge >= 0.3 is 5.97 Å². The van der Waals surface area contributed by atoms with Crippen LogP contribution in [-0.2, 0) is 9.53 Å². The van der Waals surface area contributed by atoms with Gasteiger partial charge in [0.25, 0.3) is 5.91 Å². The van der Waals surface area contributed by atoms with E-state index in [1.807, 2.05) is 0 Å². The Labute approximate surface area is 117 Å². The normalized spacial score (nSPS) is 18.6. The van der Waals surface area contributed by atoms with Crippen LogP contribution in [-0.4, -0.2) is 47.7 Å². The van der Waals surface area contributed by atoms with Gasteiger partial charge in [0.15, 0.2) is 0 Å². The standard InChI is InChI=1S/C13H12F3NO4/c14-7-3-9(15)12(10(16)4-7)13(20)17-1-2-21-6-8(17)5-11(18)19/h3-4,8H,1-2,5-6H2,(H,18,19). The van der Waals surface area contributed by atoms with Crippen molar-refractivity contribution in [3.05, 3.63) is 35.1 Å². The molecule has 1 N–H and O–H groups in total. The number of halogens is 3. The van der Waals surface area contributed by atoms with Crippen LogP contribution in [0.5, 0.6) is 0 Å². The van der Waals surface area contributed by atoms with Crippen molar-refractivity contribution in [3.63, 3.8) is 0 Å². The number of hydrogen-bond donors (Lipinski definition) is 1. The zero-order valence-corrected chi connectivity index (χ0v) is 10.8. The molecule has 21 heavy (non-hydrogen) atoms. The Kier molecular flexibility index (Phi) is 4.46. The largest absolute Gasteiger partial charge is 0.481 e. The van der Waals surface area contributed by atoms with E-state index in [0.717, 1.165) is 4.90 Å². The van der Waals surface area contributed by atoms with Crippen molar-refractivity contribution < 1.29 is 32.6 Å². The molecule has 0 bridgehead atoms. The molecule has 1 aromatic carbocycles. The van der Waals surface area contributed by atoms with Gasteiger partial charge in [0.2, 0.25) is 0 Å². The summed E-state index contributed by atoms with van der Waals surface area (Å²) in [5, 5.41) is 8.79. The van der Waals surface area contributed by atoms with Crippen LogP contribution in [0.1, 0.15) is 16.8 Å². The second-order valence-corrected chi connectivity index (χ2v) is 4.57. The highest BCUT2D eigenvalue weighted by Crippen LogP contribution is 2.20. The van der Waals surface area contributed by atoms with E-state index in [2.05, 4.69) is 0 Å². The maximum Gasteiger partial charge on any atom is 0.305 e. The number of ether oxygens (including phenoxy) is 1. The molecule has 1 unspecified atom stereocenters. The average molecular weight is 303 g/mol. The summed E-state index contributed by atoms with van der Waals surface area (Å²) >= 11 is 0. The average Bonchev–Trinajstić information content (AvgIpc) is 2.37. The Morgan fingerprint density at radius 3 is 2.48 bits per heavy atom. The van der Waals surface area contributed by atoms with Crippen molar-refractivity contribution in [1.29, 1.82) is 0 Å². The molecular formula is C13H12F3NO4. The third-order valence-corrected chi connectivity index (χ3v) is 3.12. The molecule has 1 aromatic rings. The fraction of sp³-hybridized carbons (Fsp3) is 0.385. The van der Waals surface area contributed by atoms with Crippen LogP contribution in [0.25, 0.3) is 0 Å². The highest BCUT2D eigenvalue weighted by molar-refractivity contribution is 5.95. The smallest absolute Gasteiger partial charge is 0.305 e. The third kappa shape index (κ3) is 3.33. The molecule has 1 fully saturated rings. The van der Waals surface area contributed by atoms with E-state index in [9.17, 15) is 22.8 Å². The fourth-order valence-corrected chi connectivity index (χ4v) is 2.18. The van der Waals surface area contributed by atoms with Crippen LogP contribution in [0.2, 0.25) is 0 Å². The molecule has 0 spiro atoms. The molecule has 8 heteroatoms. The quantitative estimate of drug-likeness (QED) is 0.917. The first kappa shape index (κ1) is 15.3. The van der Waals surface area contributed by atoms with Gasteiger partial charge in [-0.3, -0.25) is 9.59 Å². The molecule has 5 nitrogen and oxygen atoms in total. The van der Waals surface area contributed by atoms with Crippen LogP contribution in [0.15, 0.2) is 12.1 Å². The predicted octanol–water partition coefficient (Wildman–Crippen LogP) is 1.42. The third-order valence-electron chi connectivity index (χ3n) is 3.12. The predicted molar refractivity (Wildman–Crippen MR) is 64.2 cm³/mol. The number of hydrogen-bond acceptors (Lipinski definition) is 3. The molecule has 1 aliphatic rings. The minimum absolute atomic E-state index is 0.00698. The summed E-state index contributed by atoms with van der Waals surface area (Å²) in [6, 6.07) is -0.0149. The van der Waals surface area contributed by atoms with E-state index in [4.69, 9.17) is 9.84 Å². The summed E-state index contributed by atoms with van der Waals surface area (Å²) in [6.45, 7) is 0.0990. The van der Waals surface area contributed by atoms with Crippen molar-refractivity contribution in [2.24, 2.45) is 0 Å². The van der Waals surface area contributed by atoms with Crippen LogP contribution in [0.3, 0.4) is 0 Å².